The first kappa shape index (κ1) is 37.4. The van der Waals surface area contributed by atoms with Crippen molar-refractivity contribution in [2.45, 2.75) is 84.0 Å². The van der Waals surface area contributed by atoms with E-state index in [0.29, 0.717) is 28.0 Å². The molecule has 0 radical (unpaired) electrons. The monoisotopic (exact) mass is 892 g/mol. The SMILES string of the molecule is CC(C)(C)c1ccc2c(c1)C(c1[c-]c(-c3ncc(C(C)(C)C)c4nonc34)ccc1)(c1cccc(-c3ccccc3O)n1)c1cc(C(C)(C)C)ccc1-2.[Pt]. The molecule has 1 N–H and O–H groups in total. The predicted octanol–water partition coefficient (Wildman–Crippen LogP) is 11.1. The minimum atomic E-state index is -0.879. The van der Waals surface area contributed by atoms with Crippen molar-refractivity contribution in [2.75, 3.05) is 0 Å². The van der Waals surface area contributed by atoms with E-state index in [4.69, 9.17) is 14.6 Å². The van der Waals surface area contributed by atoms with Crippen molar-refractivity contribution in [1.29, 1.82) is 0 Å². The number of aromatic hydroxyl groups is 1. The zero-order valence-corrected chi connectivity index (χ0v) is 34.5. The minimum absolute atomic E-state index is 0. The first-order chi connectivity index (χ1) is 25.1. The summed E-state index contributed by atoms with van der Waals surface area (Å²) in [4.78, 5) is 10.5. The molecule has 6 nitrogen and oxygen atoms in total. The standard InChI is InChI=1S/C47H45N4O2.Pt/c1-44(2,3)29-20-22-32-33-23-21-30(45(4,5)6)26-36(33)47(35(32)25-29,40-19-13-17-38(49-40)34-16-10-11-18-39(34)52)31-15-12-14-28(24-31)41-43-42(50-53-51-43)37(27-48-41)46(7,8)9;/h10-23,25-27,52H,1-9H3;/q-1;. The van der Waals surface area contributed by atoms with E-state index in [1.54, 1.807) is 6.07 Å². The molecule has 0 fully saturated rings. The summed E-state index contributed by atoms with van der Waals surface area (Å²) in [5.41, 5.74) is 12.7. The number of para-hydroxylation sites is 1. The smallest absolute Gasteiger partial charge is 0.133 e. The number of nitrogens with zero attached hydrogens (tertiary/aromatic N) is 4. The molecule has 0 atom stereocenters. The summed E-state index contributed by atoms with van der Waals surface area (Å²) in [6.45, 7) is 19.9. The Morgan fingerprint density at radius 2 is 1.24 bits per heavy atom. The quantitative estimate of drug-likeness (QED) is 0.177. The van der Waals surface area contributed by atoms with E-state index in [1.165, 1.54) is 11.1 Å². The average Bonchev–Trinajstić information content (AvgIpc) is 3.72. The molecular formula is C47H45N4O2Pt-. The average molecular weight is 893 g/mol. The molecule has 0 spiro atoms. The van der Waals surface area contributed by atoms with Crippen LogP contribution in [0.3, 0.4) is 0 Å². The Hall–Kier alpha value is -4.93. The Labute approximate surface area is 332 Å². The van der Waals surface area contributed by atoms with Crippen LogP contribution in [-0.2, 0) is 42.7 Å². The Bertz CT molecular complexity index is 2490. The maximum absolute atomic E-state index is 11.0. The molecule has 1 aliphatic rings. The van der Waals surface area contributed by atoms with Gasteiger partial charge in [0.25, 0.3) is 0 Å². The molecule has 0 bridgehead atoms. The molecule has 0 unspecified atom stereocenters. The first-order valence-corrected chi connectivity index (χ1v) is 18.3. The summed E-state index contributed by atoms with van der Waals surface area (Å²) in [6.07, 6.45) is 1.89. The second kappa shape index (κ2) is 13.1. The topological polar surface area (TPSA) is 84.9 Å². The van der Waals surface area contributed by atoms with E-state index < -0.39 is 5.41 Å². The summed E-state index contributed by atoms with van der Waals surface area (Å²) in [5.74, 6) is 0.187. The van der Waals surface area contributed by atoms with Crippen LogP contribution in [0.2, 0.25) is 0 Å². The zero-order valence-electron chi connectivity index (χ0n) is 32.3. The van der Waals surface area contributed by atoms with Crippen molar-refractivity contribution in [3.8, 4) is 39.4 Å². The third-order valence-electron chi connectivity index (χ3n) is 10.7. The van der Waals surface area contributed by atoms with Crippen LogP contribution in [0.1, 0.15) is 101 Å². The van der Waals surface area contributed by atoms with Gasteiger partial charge < -0.3 is 10.1 Å². The number of aromatic nitrogens is 4. The summed E-state index contributed by atoms with van der Waals surface area (Å²) in [5, 5.41) is 19.7. The van der Waals surface area contributed by atoms with Crippen molar-refractivity contribution in [1.82, 2.24) is 20.3 Å². The summed E-state index contributed by atoms with van der Waals surface area (Å²) < 4.78 is 5.35. The number of fused-ring (bicyclic) bond motifs is 4. The Balaban J connectivity index is 0.00000450. The van der Waals surface area contributed by atoms with Gasteiger partial charge in [-0.2, -0.15) is 0 Å². The minimum Gasteiger partial charge on any atom is -0.507 e. The first-order valence-electron chi connectivity index (χ1n) is 18.3. The number of hydrogen-bond donors (Lipinski definition) is 1. The van der Waals surface area contributed by atoms with E-state index in [1.807, 2.05) is 42.6 Å². The van der Waals surface area contributed by atoms with Gasteiger partial charge in [0, 0.05) is 44.1 Å². The van der Waals surface area contributed by atoms with Crippen LogP contribution >= 0.6 is 0 Å². The molecule has 7 heteroatoms. The van der Waals surface area contributed by atoms with Gasteiger partial charge in [0.15, 0.2) is 0 Å². The van der Waals surface area contributed by atoms with Crippen LogP contribution < -0.4 is 0 Å². The fourth-order valence-electron chi connectivity index (χ4n) is 7.79. The Kier molecular flexibility index (Phi) is 9.09. The molecule has 0 aliphatic heterocycles. The number of phenolic OH excluding ortho intramolecular Hbond substituents is 1. The molecule has 7 aromatic rings. The van der Waals surface area contributed by atoms with Crippen LogP contribution in [0, 0.1) is 6.07 Å². The van der Waals surface area contributed by atoms with E-state index in [-0.39, 0.29) is 43.1 Å². The van der Waals surface area contributed by atoms with Gasteiger partial charge in [0.2, 0.25) is 0 Å². The molecule has 0 saturated heterocycles. The maximum Gasteiger partial charge on any atom is 0.133 e. The zero-order chi connectivity index (χ0) is 37.5. The third-order valence-corrected chi connectivity index (χ3v) is 10.7. The number of pyridine rings is 2. The second-order valence-corrected chi connectivity index (χ2v) is 17.4. The van der Waals surface area contributed by atoms with Gasteiger partial charge in [-0.25, -0.2) is 4.63 Å². The molecule has 0 amide bonds. The molecular weight excluding hydrogens is 848 g/mol. The number of benzene rings is 4. The predicted molar refractivity (Wildman–Crippen MR) is 212 cm³/mol. The molecule has 54 heavy (non-hydrogen) atoms. The summed E-state index contributed by atoms with van der Waals surface area (Å²) in [6, 6.07) is 37.5. The Morgan fingerprint density at radius 3 is 1.85 bits per heavy atom. The van der Waals surface area contributed by atoms with E-state index in [2.05, 4.69) is 133 Å². The normalized spacial score (nSPS) is 13.7. The van der Waals surface area contributed by atoms with Gasteiger partial charge in [-0.3, -0.25) is 4.98 Å². The van der Waals surface area contributed by atoms with Crippen LogP contribution in [0.5, 0.6) is 5.75 Å². The van der Waals surface area contributed by atoms with Crippen molar-refractivity contribution in [2.24, 2.45) is 0 Å². The number of rotatable bonds is 4. The van der Waals surface area contributed by atoms with Gasteiger partial charge in [-0.1, -0.05) is 127 Å². The summed E-state index contributed by atoms with van der Waals surface area (Å²) >= 11 is 0. The number of phenols is 1. The molecule has 4 aromatic carbocycles. The van der Waals surface area contributed by atoms with Crippen LogP contribution in [0.15, 0.2) is 108 Å². The van der Waals surface area contributed by atoms with Crippen LogP contribution in [0.25, 0.3) is 44.7 Å². The Morgan fingerprint density at radius 1 is 0.630 bits per heavy atom. The molecule has 1 aliphatic carbocycles. The number of hydrogen-bond acceptors (Lipinski definition) is 6. The van der Waals surface area contributed by atoms with Crippen molar-refractivity contribution in [3.63, 3.8) is 0 Å². The molecule has 0 saturated carbocycles. The molecule has 3 heterocycles. The molecule has 3 aromatic heterocycles. The maximum atomic E-state index is 11.0. The molecule has 8 rings (SSSR count). The third kappa shape index (κ3) is 6.00. The second-order valence-electron chi connectivity index (χ2n) is 17.4. The van der Waals surface area contributed by atoms with E-state index >= 15 is 0 Å². The van der Waals surface area contributed by atoms with E-state index in [9.17, 15) is 5.11 Å². The van der Waals surface area contributed by atoms with Crippen LogP contribution in [0.4, 0.5) is 0 Å². The largest absolute Gasteiger partial charge is 0.507 e. The fraction of sp³-hybridized carbons (Fsp3) is 0.277. The van der Waals surface area contributed by atoms with Crippen molar-refractivity contribution in [3.05, 3.63) is 148 Å². The van der Waals surface area contributed by atoms with Gasteiger partial charge in [-0.15, -0.1) is 35.4 Å². The van der Waals surface area contributed by atoms with E-state index in [0.717, 1.165) is 44.6 Å². The van der Waals surface area contributed by atoms with Gasteiger partial charge >= 0.3 is 0 Å². The van der Waals surface area contributed by atoms with Crippen molar-refractivity contribution >= 4 is 11.0 Å². The fourth-order valence-corrected chi connectivity index (χ4v) is 7.79. The van der Waals surface area contributed by atoms with Gasteiger partial charge in [-0.05, 0) is 73.9 Å². The van der Waals surface area contributed by atoms with Gasteiger partial charge in [0.05, 0.1) is 16.8 Å². The summed E-state index contributed by atoms with van der Waals surface area (Å²) in [7, 11) is 0. The van der Waals surface area contributed by atoms with Crippen LogP contribution in [-0.4, -0.2) is 25.4 Å². The molecule has 276 valence electrons. The van der Waals surface area contributed by atoms with Crippen molar-refractivity contribution < 1.29 is 30.8 Å². The van der Waals surface area contributed by atoms with Gasteiger partial charge in [0.1, 0.15) is 16.8 Å².